The number of allylic oxidation sites excluding steroid dienone is 2. The summed E-state index contributed by atoms with van der Waals surface area (Å²) in [6.07, 6.45) is 8.99. The Morgan fingerprint density at radius 1 is 1.37 bits per heavy atom. The first-order valence-corrected chi connectivity index (χ1v) is 7.55. The number of nitrogens with one attached hydrogen (secondary N) is 1. The van der Waals surface area contributed by atoms with Gasteiger partial charge >= 0.3 is 6.03 Å². The quantitative estimate of drug-likeness (QED) is 0.776. The summed E-state index contributed by atoms with van der Waals surface area (Å²) < 4.78 is 5.37. The van der Waals surface area contributed by atoms with Crippen LogP contribution in [0.5, 0.6) is 0 Å². The maximum atomic E-state index is 12.2. The first-order valence-electron chi connectivity index (χ1n) is 7.55. The van der Waals surface area contributed by atoms with Crippen LogP contribution >= 0.6 is 0 Å². The van der Waals surface area contributed by atoms with Crippen LogP contribution in [0.15, 0.2) is 12.2 Å². The highest BCUT2D eigenvalue weighted by Crippen LogP contribution is 2.17. The molecule has 4 heteroatoms. The van der Waals surface area contributed by atoms with Gasteiger partial charge in [-0.1, -0.05) is 12.2 Å². The number of ether oxygens (including phenoxy) is 1. The second-order valence-electron chi connectivity index (χ2n) is 5.60. The molecule has 108 valence electrons. The number of nitrogens with zero attached hydrogens (tertiary/aromatic N) is 1. The Balaban J connectivity index is 1.71. The molecule has 2 amide bonds. The van der Waals surface area contributed by atoms with Gasteiger partial charge in [-0.25, -0.2) is 4.79 Å². The molecule has 2 rings (SSSR count). The molecule has 19 heavy (non-hydrogen) atoms. The summed E-state index contributed by atoms with van der Waals surface area (Å²) in [4.78, 5) is 14.1. The van der Waals surface area contributed by atoms with Crippen molar-refractivity contribution in [2.24, 2.45) is 11.8 Å². The predicted molar refractivity (Wildman–Crippen MR) is 76.1 cm³/mol. The zero-order valence-electron chi connectivity index (χ0n) is 11.9. The molecule has 0 spiro atoms. The molecule has 2 atom stereocenters. The summed E-state index contributed by atoms with van der Waals surface area (Å²) in [5.74, 6) is 1.13. The Labute approximate surface area is 116 Å². The topological polar surface area (TPSA) is 41.6 Å². The minimum Gasteiger partial charge on any atom is -0.381 e. The van der Waals surface area contributed by atoms with Crippen LogP contribution in [0.25, 0.3) is 0 Å². The van der Waals surface area contributed by atoms with Gasteiger partial charge < -0.3 is 15.0 Å². The Morgan fingerprint density at radius 2 is 2.26 bits per heavy atom. The first-order chi connectivity index (χ1) is 9.29. The molecule has 1 aliphatic heterocycles. The van der Waals surface area contributed by atoms with Gasteiger partial charge in [-0.15, -0.1) is 0 Å². The number of hydrogen-bond donors (Lipinski definition) is 1. The van der Waals surface area contributed by atoms with E-state index in [0.29, 0.717) is 11.8 Å². The van der Waals surface area contributed by atoms with Gasteiger partial charge in [-0.05, 0) is 38.5 Å². The molecule has 2 aliphatic rings. The highest BCUT2D eigenvalue weighted by Gasteiger charge is 2.21. The lowest BCUT2D eigenvalue weighted by Crippen LogP contribution is -2.44. The van der Waals surface area contributed by atoms with Crippen molar-refractivity contribution in [3.8, 4) is 0 Å². The van der Waals surface area contributed by atoms with Crippen molar-refractivity contribution in [2.75, 3.05) is 32.8 Å². The van der Waals surface area contributed by atoms with Crippen molar-refractivity contribution >= 4 is 6.03 Å². The molecule has 0 bridgehead atoms. The molecule has 0 saturated carbocycles. The van der Waals surface area contributed by atoms with Gasteiger partial charge in [0.05, 0.1) is 6.61 Å². The predicted octanol–water partition coefficient (Wildman–Crippen LogP) is 2.41. The van der Waals surface area contributed by atoms with Crippen molar-refractivity contribution in [1.82, 2.24) is 10.2 Å². The van der Waals surface area contributed by atoms with Gasteiger partial charge in [-0.3, -0.25) is 0 Å². The van der Waals surface area contributed by atoms with Gasteiger partial charge in [0.2, 0.25) is 0 Å². The number of rotatable bonds is 5. The number of hydrogen-bond acceptors (Lipinski definition) is 2. The Bertz CT molecular complexity index is 311. The first kappa shape index (κ1) is 14.4. The van der Waals surface area contributed by atoms with Crippen LogP contribution in [0.2, 0.25) is 0 Å². The minimum absolute atomic E-state index is 0.0870. The number of amides is 2. The van der Waals surface area contributed by atoms with E-state index >= 15 is 0 Å². The fourth-order valence-electron chi connectivity index (χ4n) is 2.78. The molecule has 0 aromatic carbocycles. The van der Waals surface area contributed by atoms with Crippen molar-refractivity contribution in [3.05, 3.63) is 12.2 Å². The highest BCUT2D eigenvalue weighted by molar-refractivity contribution is 5.74. The summed E-state index contributed by atoms with van der Waals surface area (Å²) >= 11 is 0. The highest BCUT2D eigenvalue weighted by atomic mass is 16.5. The second-order valence-corrected chi connectivity index (χ2v) is 5.60. The average molecular weight is 266 g/mol. The van der Waals surface area contributed by atoms with E-state index in [4.69, 9.17) is 4.74 Å². The summed E-state index contributed by atoms with van der Waals surface area (Å²) in [6, 6.07) is 0.0870. The van der Waals surface area contributed by atoms with Gasteiger partial charge in [-0.2, -0.15) is 0 Å². The molecule has 1 heterocycles. The lowest BCUT2D eigenvalue weighted by atomic mass is 9.94. The van der Waals surface area contributed by atoms with Crippen LogP contribution in [0.1, 0.15) is 32.6 Å². The van der Waals surface area contributed by atoms with Gasteiger partial charge in [0.1, 0.15) is 0 Å². The molecule has 1 N–H and O–H groups in total. The fourth-order valence-corrected chi connectivity index (χ4v) is 2.78. The molecule has 0 aromatic heterocycles. The van der Waals surface area contributed by atoms with Crippen molar-refractivity contribution in [3.63, 3.8) is 0 Å². The minimum atomic E-state index is 0.0870. The zero-order valence-corrected chi connectivity index (χ0v) is 11.9. The van der Waals surface area contributed by atoms with E-state index in [-0.39, 0.29) is 6.03 Å². The average Bonchev–Trinajstić information content (AvgIpc) is 2.96. The van der Waals surface area contributed by atoms with Crippen LogP contribution in [0.4, 0.5) is 4.79 Å². The lowest BCUT2D eigenvalue weighted by Gasteiger charge is -2.26. The molecule has 1 aliphatic carbocycles. The summed E-state index contributed by atoms with van der Waals surface area (Å²) in [5, 5.41) is 3.09. The molecule has 0 radical (unpaired) electrons. The maximum absolute atomic E-state index is 12.2. The number of carbonyl (C=O) groups is 1. The normalized spacial score (nSPS) is 26.4. The third-order valence-electron chi connectivity index (χ3n) is 4.09. The molecule has 1 saturated heterocycles. The van der Waals surface area contributed by atoms with E-state index in [2.05, 4.69) is 17.5 Å². The maximum Gasteiger partial charge on any atom is 0.317 e. The van der Waals surface area contributed by atoms with E-state index in [1.807, 2.05) is 11.8 Å². The monoisotopic (exact) mass is 266 g/mol. The molecule has 1 fully saturated rings. The Kier molecular flexibility index (Phi) is 5.70. The molecule has 0 aromatic rings. The van der Waals surface area contributed by atoms with E-state index in [9.17, 15) is 4.79 Å². The second kappa shape index (κ2) is 7.53. The molecule has 2 unspecified atom stereocenters. The smallest absolute Gasteiger partial charge is 0.317 e. The van der Waals surface area contributed by atoms with Gasteiger partial charge in [0.25, 0.3) is 0 Å². The largest absolute Gasteiger partial charge is 0.381 e. The van der Waals surface area contributed by atoms with Crippen LogP contribution < -0.4 is 5.32 Å². The standard InChI is InChI=1S/C15H26N2O2/c1-2-17(11-14-8-9-19-12-14)15(18)16-10-13-6-4-3-5-7-13/h3-4,13-14H,2,5-12H2,1H3,(H,16,18). The van der Waals surface area contributed by atoms with Crippen LogP contribution in [-0.2, 0) is 4.74 Å². The van der Waals surface area contributed by atoms with Crippen molar-refractivity contribution < 1.29 is 9.53 Å². The third kappa shape index (κ3) is 4.53. The summed E-state index contributed by atoms with van der Waals surface area (Å²) in [5.41, 5.74) is 0. The number of urea groups is 1. The zero-order chi connectivity index (χ0) is 13.5. The number of carbonyl (C=O) groups excluding carboxylic acids is 1. The van der Waals surface area contributed by atoms with Crippen LogP contribution in [0.3, 0.4) is 0 Å². The SMILES string of the molecule is CCN(CC1CCOC1)C(=O)NCC1CC=CCC1. The van der Waals surface area contributed by atoms with Gasteiger partial charge in [0.15, 0.2) is 0 Å². The van der Waals surface area contributed by atoms with E-state index in [1.54, 1.807) is 0 Å². The molecular formula is C15H26N2O2. The fraction of sp³-hybridized carbons (Fsp3) is 0.800. The summed E-state index contributed by atoms with van der Waals surface area (Å²) in [6.45, 7) is 6.09. The van der Waals surface area contributed by atoms with Crippen molar-refractivity contribution in [1.29, 1.82) is 0 Å². The van der Waals surface area contributed by atoms with Gasteiger partial charge in [0, 0.05) is 32.2 Å². The van der Waals surface area contributed by atoms with Crippen LogP contribution in [-0.4, -0.2) is 43.8 Å². The Hall–Kier alpha value is -1.03. The third-order valence-corrected chi connectivity index (χ3v) is 4.09. The lowest BCUT2D eigenvalue weighted by molar-refractivity contribution is 0.165. The van der Waals surface area contributed by atoms with Crippen molar-refractivity contribution in [2.45, 2.75) is 32.6 Å². The van der Waals surface area contributed by atoms with E-state index in [1.165, 1.54) is 6.42 Å². The Morgan fingerprint density at radius 3 is 2.89 bits per heavy atom. The van der Waals surface area contributed by atoms with E-state index in [0.717, 1.165) is 52.1 Å². The molecule has 4 nitrogen and oxygen atoms in total. The molecular weight excluding hydrogens is 240 g/mol. The van der Waals surface area contributed by atoms with E-state index < -0.39 is 0 Å². The van der Waals surface area contributed by atoms with Crippen LogP contribution in [0, 0.1) is 11.8 Å². The summed E-state index contributed by atoms with van der Waals surface area (Å²) in [7, 11) is 0.